The van der Waals surface area contributed by atoms with E-state index >= 15 is 0 Å². The molecule has 4 heterocycles. The molecule has 5 rings (SSSR count). The Labute approximate surface area is 213 Å². The highest BCUT2D eigenvalue weighted by molar-refractivity contribution is 5.95. The second-order valence-corrected chi connectivity index (χ2v) is 10.2. The molecule has 0 unspecified atom stereocenters. The fourth-order valence-electron chi connectivity index (χ4n) is 5.47. The summed E-state index contributed by atoms with van der Waals surface area (Å²) in [6, 6.07) is 8.44. The Kier molecular flexibility index (Phi) is 7.94. The van der Waals surface area contributed by atoms with Crippen LogP contribution in [-0.2, 0) is 23.1 Å². The van der Waals surface area contributed by atoms with E-state index in [0.29, 0.717) is 5.82 Å². The van der Waals surface area contributed by atoms with Crippen LogP contribution in [0.2, 0.25) is 0 Å². The van der Waals surface area contributed by atoms with Crippen LogP contribution in [0, 0.1) is 5.92 Å². The van der Waals surface area contributed by atoms with Crippen LogP contribution >= 0.6 is 0 Å². The number of pyridine rings is 1. The number of likely N-dealkylation sites (tertiary alicyclic amines) is 2. The Morgan fingerprint density at radius 3 is 2.61 bits per heavy atom. The largest absolute Gasteiger partial charge is 0.383 e. The summed E-state index contributed by atoms with van der Waals surface area (Å²) in [4.78, 5) is 22.4. The number of carbonyl (C=O) groups is 1. The number of methoxy groups -OCH3 is 1. The highest BCUT2D eigenvalue weighted by atomic mass is 16.5. The Morgan fingerprint density at radius 1 is 1.03 bits per heavy atom. The van der Waals surface area contributed by atoms with Gasteiger partial charge in [0.05, 0.1) is 18.5 Å². The van der Waals surface area contributed by atoms with Crippen molar-refractivity contribution in [2.75, 3.05) is 51.8 Å². The normalized spacial score (nSPS) is 18.1. The molecule has 0 atom stereocenters. The fourth-order valence-corrected chi connectivity index (χ4v) is 5.47. The summed E-state index contributed by atoms with van der Waals surface area (Å²) in [5, 5.41) is 9.78. The molecule has 8 heteroatoms. The van der Waals surface area contributed by atoms with Crippen molar-refractivity contribution in [1.82, 2.24) is 24.6 Å². The molecule has 8 nitrogen and oxygen atoms in total. The zero-order chi connectivity index (χ0) is 24.9. The maximum Gasteiger partial charge on any atom is 0.228 e. The third kappa shape index (κ3) is 5.77. The summed E-state index contributed by atoms with van der Waals surface area (Å²) in [6.45, 7) is 6.76. The van der Waals surface area contributed by atoms with Crippen LogP contribution < -0.4 is 5.32 Å². The van der Waals surface area contributed by atoms with E-state index in [1.54, 1.807) is 7.11 Å². The van der Waals surface area contributed by atoms with Crippen molar-refractivity contribution < 1.29 is 9.53 Å². The van der Waals surface area contributed by atoms with Gasteiger partial charge in [-0.05, 0) is 74.9 Å². The van der Waals surface area contributed by atoms with E-state index < -0.39 is 0 Å². The van der Waals surface area contributed by atoms with Gasteiger partial charge in [-0.15, -0.1) is 0 Å². The Bertz CT molecular complexity index is 1180. The van der Waals surface area contributed by atoms with E-state index in [9.17, 15) is 4.79 Å². The lowest BCUT2D eigenvalue weighted by atomic mass is 9.96. The summed E-state index contributed by atoms with van der Waals surface area (Å²) in [5.74, 6) is 0.715. The molecule has 0 aliphatic carbocycles. The molecule has 0 spiro atoms. The maximum atomic E-state index is 12.9. The Balaban J connectivity index is 1.29. The topological polar surface area (TPSA) is 75.5 Å². The van der Waals surface area contributed by atoms with Crippen molar-refractivity contribution in [2.24, 2.45) is 13.0 Å². The highest BCUT2D eigenvalue weighted by Gasteiger charge is 2.25. The average Bonchev–Trinajstić information content (AvgIpc) is 3.27. The van der Waals surface area contributed by atoms with Crippen LogP contribution in [0.1, 0.15) is 37.8 Å². The van der Waals surface area contributed by atoms with Crippen LogP contribution in [0.4, 0.5) is 5.82 Å². The maximum absolute atomic E-state index is 12.9. The molecule has 2 fully saturated rings. The van der Waals surface area contributed by atoms with Crippen LogP contribution in [0.3, 0.4) is 0 Å². The van der Waals surface area contributed by atoms with E-state index in [1.807, 2.05) is 30.2 Å². The zero-order valence-corrected chi connectivity index (χ0v) is 21.6. The van der Waals surface area contributed by atoms with E-state index in [0.717, 1.165) is 75.1 Å². The van der Waals surface area contributed by atoms with Gasteiger partial charge in [0.2, 0.25) is 5.91 Å². The zero-order valence-electron chi connectivity index (χ0n) is 21.6. The molecule has 3 aromatic rings. The van der Waals surface area contributed by atoms with Gasteiger partial charge in [-0.1, -0.05) is 18.6 Å². The van der Waals surface area contributed by atoms with Gasteiger partial charge >= 0.3 is 0 Å². The highest BCUT2D eigenvalue weighted by Crippen LogP contribution is 2.29. The van der Waals surface area contributed by atoms with Gasteiger partial charge in [-0.2, -0.15) is 5.10 Å². The minimum Gasteiger partial charge on any atom is -0.383 e. The van der Waals surface area contributed by atoms with Crippen LogP contribution in [0.5, 0.6) is 0 Å². The number of piperidine rings is 2. The van der Waals surface area contributed by atoms with Gasteiger partial charge in [0.25, 0.3) is 0 Å². The van der Waals surface area contributed by atoms with Crippen LogP contribution in [0.15, 0.2) is 36.7 Å². The molecule has 2 aliphatic rings. The number of nitrogens with one attached hydrogen (secondary N) is 1. The van der Waals surface area contributed by atoms with E-state index in [1.165, 1.54) is 30.5 Å². The van der Waals surface area contributed by atoms with Gasteiger partial charge in [0.1, 0.15) is 5.82 Å². The average molecular weight is 491 g/mol. The Morgan fingerprint density at radius 2 is 1.83 bits per heavy atom. The second kappa shape index (κ2) is 11.5. The lowest BCUT2D eigenvalue weighted by Crippen LogP contribution is -2.39. The molecule has 2 aromatic heterocycles. The minimum atomic E-state index is 0.0281. The first kappa shape index (κ1) is 24.9. The number of fused-ring (bicyclic) bond motifs is 1. The van der Waals surface area contributed by atoms with Gasteiger partial charge in [0.15, 0.2) is 0 Å². The molecule has 1 N–H and O–H groups in total. The number of hydrogen-bond acceptors (Lipinski definition) is 6. The summed E-state index contributed by atoms with van der Waals surface area (Å²) >= 11 is 0. The summed E-state index contributed by atoms with van der Waals surface area (Å²) in [6.07, 6.45) is 9.44. The second-order valence-electron chi connectivity index (χ2n) is 10.2. The standard InChI is InChI=1S/C28H38N6O2/c1-32-26(20-34-10-4-3-5-11-34)25(19-30-32)22-6-7-23-18-29-27(17-24(23)16-22)31-28(35)21-8-12-33(13-9-21)14-15-36-2/h6-7,16-19,21H,3-5,8-15,20H2,1-2H3,(H,29,31,35). The first-order valence-electron chi connectivity index (χ1n) is 13.3. The number of anilines is 1. The van der Waals surface area contributed by atoms with Crippen molar-refractivity contribution >= 4 is 22.5 Å². The fraction of sp³-hybridized carbons (Fsp3) is 0.536. The number of ether oxygens (including phenoxy) is 1. The number of amides is 1. The first-order valence-corrected chi connectivity index (χ1v) is 13.3. The molecule has 192 valence electrons. The molecular weight excluding hydrogens is 452 g/mol. The van der Waals surface area contributed by atoms with Crippen LogP contribution in [0.25, 0.3) is 21.9 Å². The third-order valence-electron chi connectivity index (χ3n) is 7.74. The molecular formula is C28H38N6O2. The van der Waals surface area contributed by atoms with Gasteiger partial charge in [-0.25, -0.2) is 4.98 Å². The number of aryl methyl sites for hydroxylation is 1. The first-order chi connectivity index (χ1) is 17.6. The third-order valence-corrected chi connectivity index (χ3v) is 7.74. The molecule has 0 saturated carbocycles. The molecule has 2 aliphatic heterocycles. The number of rotatable bonds is 8. The summed E-state index contributed by atoms with van der Waals surface area (Å²) < 4.78 is 7.18. The van der Waals surface area contributed by atoms with E-state index in [-0.39, 0.29) is 11.8 Å². The smallest absolute Gasteiger partial charge is 0.228 e. The lowest BCUT2D eigenvalue weighted by molar-refractivity contribution is -0.121. The Hall–Kier alpha value is -2.81. The minimum absolute atomic E-state index is 0.0281. The van der Waals surface area contributed by atoms with Gasteiger partial charge < -0.3 is 15.0 Å². The van der Waals surface area contributed by atoms with Crippen molar-refractivity contribution in [1.29, 1.82) is 0 Å². The quantitative estimate of drug-likeness (QED) is 0.516. The number of hydrogen-bond donors (Lipinski definition) is 1. The molecule has 1 amide bonds. The van der Waals surface area contributed by atoms with Crippen molar-refractivity contribution in [3.8, 4) is 11.1 Å². The number of benzene rings is 1. The number of aromatic nitrogens is 3. The molecule has 1 aromatic carbocycles. The summed E-state index contributed by atoms with van der Waals surface area (Å²) in [7, 11) is 3.76. The monoisotopic (exact) mass is 490 g/mol. The van der Waals surface area contributed by atoms with E-state index in [4.69, 9.17) is 4.74 Å². The van der Waals surface area contributed by atoms with Crippen LogP contribution in [-0.4, -0.2) is 76.9 Å². The SMILES string of the molecule is COCCN1CCC(C(=O)Nc2cc3cc(-c4cnn(C)c4CN4CCCCC4)ccc3cn2)CC1. The van der Waals surface area contributed by atoms with Crippen molar-refractivity contribution in [2.45, 2.75) is 38.6 Å². The summed E-state index contributed by atoms with van der Waals surface area (Å²) in [5.41, 5.74) is 3.57. The van der Waals surface area contributed by atoms with E-state index in [2.05, 4.69) is 43.4 Å². The molecule has 0 radical (unpaired) electrons. The lowest BCUT2D eigenvalue weighted by Gasteiger charge is -2.30. The molecule has 36 heavy (non-hydrogen) atoms. The van der Waals surface area contributed by atoms with Crippen molar-refractivity contribution in [3.63, 3.8) is 0 Å². The predicted octanol–water partition coefficient (Wildman–Crippen LogP) is 3.92. The number of nitrogens with zero attached hydrogens (tertiary/aromatic N) is 5. The molecule has 2 saturated heterocycles. The van der Waals surface area contributed by atoms with Crippen molar-refractivity contribution in [3.05, 3.63) is 42.4 Å². The predicted molar refractivity (Wildman–Crippen MR) is 143 cm³/mol. The molecule has 0 bridgehead atoms. The van der Waals surface area contributed by atoms with Gasteiger partial charge in [0, 0.05) is 50.3 Å². The van der Waals surface area contributed by atoms with Gasteiger partial charge in [-0.3, -0.25) is 14.4 Å². The number of carbonyl (C=O) groups excluding carboxylic acids is 1.